The molecule has 102 valence electrons. The lowest BCUT2D eigenvalue weighted by molar-refractivity contribution is 0.126. The highest BCUT2D eigenvalue weighted by atomic mass is 32.2. The highest BCUT2D eigenvalue weighted by Crippen LogP contribution is 2.26. The van der Waals surface area contributed by atoms with Gasteiger partial charge in [-0.3, -0.25) is 0 Å². The van der Waals surface area contributed by atoms with Gasteiger partial charge in [0.05, 0.1) is 16.6 Å². The molecule has 1 heterocycles. The number of hydrogen-bond donors (Lipinski definition) is 1. The second-order valence-electron chi connectivity index (χ2n) is 4.77. The van der Waals surface area contributed by atoms with Crippen LogP contribution in [0.4, 0.5) is 0 Å². The largest absolute Gasteiger partial charge is 0.377 e. The fourth-order valence-corrected chi connectivity index (χ4v) is 4.89. The standard InChI is InChI=1S/C12H25NO3S/c1-5-11(13-6-2)10(4)17(14,15)12-7-8-16-9(12)3/h9-13H,5-8H2,1-4H3. The Morgan fingerprint density at radius 1 is 1.41 bits per heavy atom. The van der Waals surface area contributed by atoms with E-state index in [1.54, 1.807) is 0 Å². The van der Waals surface area contributed by atoms with Gasteiger partial charge >= 0.3 is 0 Å². The van der Waals surface area contributed by atoms with E-state index in [2.05, 4.69) is 5.32 Å². The SMILES string of the molecule is CCNC(CC)C(C)S(=O)(=O)C1CCOC1C. The van der Waals surface area contributed by atoms with Gasteiger partial charge in [0.2, 0.25) is 0 Å². The lowest BCUT2D eigenvalue weighted by Crippen LogP contribution is -2.46. The maximum atomic E-state index is 12.5. The number of sulfone groups is 1. The van der Waals surface area contributed by atoms with Crippen molar-refractivity contribution in [2.24, 2.45) is 0 Å². The van der Waals surface area contributed by atoms with Gasteiger partial charge < -0.3 is 10.1 Å². The molecule has 1 rings (SSSR count). The second-order valence-corrected chi connectivity index (χ2v) is 7.30. The minimum atomic E-state index is -3.11. The fraction of sp³-hybridized carbons (Fsp3) is 1.00. The lowest BCUT2D eigenvalue weighted by Gasteiger charge is -2.27. The van der Waals surface area contributed by atoms with E-state index in [9.17, 15) is 8.42 Å². The molecular formula is C12H25NO3S. The van der Waals surface area contributed by atoms with Crippen LogP contribution in [0.3, 0.4) is 0 Å². The summed E-state index contributed by atoms with van der Waals surface area (Å²) >= 11 is 0. The second kappa shape index (κ2) is 6.16. The van der Waals surface area contributed by atoms with Gasteiger partial charge in [0, 0.05) is 12.6 Å². The van der Waals surface area contributed by atoms with Crippen LogP contribution in [0.25, 0.3) is 0 Å². The van der Waals surface area contributed by atoms with Gasteiger partial charge in [-0.25, -0.2) is 8.42 Å². The van der Waals surface area contributed by atoms with Crippen molar-refractivity contribution in [3.05, 3.63) is 0 Å². The van der Waals surface area contributed by atoms with Crippen LogP contribution >= 0.6 is 0 Å². The molecule has 0 radical (unpaired) electrons. The third-order valence-corrected chi connectivity index (χ3v) is 6.55. The first-order valence-electron chi connectivity index (χ1n) is 6.52. The molecule has 1 fully saturated rings. The Morgan fingerprint density at radius 3 is 2.47 bits per heavy atom. The van der Waals surface area contributed by atoms with Crippen molar-refractivity contribution in [2.45, 2.75) is 63.2 Å². The van der Waals surface area contributed by atoms with E-state index in [1.807, 2.05) is 27.7 Å². The number of nitrogens with one attached hydrogen (secondary N) is 1. The highest BCUT2D eigenvalue weighted by molar-refractivity contribution is 7.92. The average Bonchev–Trinajstić information content (AvgIpc) is 2.72. The van der Waals surface area contributed by atoms with Crippen LogP contribution in [0.2, 0.25) is 0 Å². The van der Waals surface area contributed by atoms with E-state index in [0.717, 1.165) is 13.0 Å². The smallest absolute Gasteiger partial charge is 0.159 e. The van der Waals surface area contributed by atoms with Gasteiger partial charge in [-0.15, -0.1) is 0 Å². The molecule has 0 bridgehead atoms. The van der Waals surface area contributed by atoms with Gasteiger partial charge in [-0.2, -0.15) is 0 Å². The van der Waals surface area contributed by atoms with Crippen LogP contribution in [0.15, 0.2) is 0 Å². The minimum absolute atomic E-state index is 0.0396. The van der Waals surface area contributed by atoms with Gasteiger partial charge in [0.1, 0.15) is 0 Å². The maximum Gasteiger partial charge on any atom is 0.159 e. The highest BCUT2D eigenvalue weighted by Gasteiger charge is 2.41. The Bertz CT molecular complexity index is 329. The molecule has 0 spiro atoms. The summed E-state index contributed by atoms with van der Waals surface area (Å²) in [5.41, 5.74) is 0. The van der Waals surface area contributed by atoms with Crippen LogP contribution < -0.4 is 5.32 Å². The molecule has 0 saturated carbocycles. The first kappa shape index (κ1) is 14.9. The maximum absolute atomic E-state index is 12.5. The summed E-state index contributed by atoms with van der Waals surface area (Å²) in [7, 11) is -3.11. The van der Waals surface area contributed by atoms with Crippen molar-refractivity contribution in [1.82, 2.24) is 5.32 Å². The molecule has 0 aromatic carbocycles. The van der Waals surface area contributed by atoms with Crippen molar-refractivity contribution in [1.29, 1.82) is 0 Å². The fourth-order valence-electron chi connectivity index (χ4n) is 2.55. The molecule has 0 aliphatic carbocycles. The third-order valence-electron chi connectivity index (χ3n) is 3.72. The predicted octanol–water partition coefficient (Wildman–Crippen LogP) is 1.36. The van der Waals surface area contributed by atoms with E-state index in [0.29, 0.717) is 13.0 Å². The molecule has 5 heteroatoms. The molecule has 0 amide bonds. The van der Waals surface area contributed by atoms with Crippen LogP contribution in [0.1, 0.15) is 40.5 Å². The van der Waals surface area contributed by atoms with Crippen LogP contribution in [0.5, 0.6) is 0 Å². The number of rotatable bonds is 6. The first-order valence-corrected chi connectivity index (χ1v) is 8.13. The van der Waals surface area contributed by atoms with Crippen LogP contribution in [0, 0.1) is 0 Å². The molecule has 1 N–H and O–H groups in total. The van der Waals surface area contributed by atoms with Crippen LogP contribution in [-0.2, 0) is 14.6 Å². The average molecular weight is 263 g/mol. The molecule has 1 aliphatic rings. The van der Waals surface area contributed by atoms with Gasteiger partial charge in [-0.05, 0) is 33.2 Å². The zero-order valence-electron chi connectivity index (χ0n) is 11.3. The summed E-state index contributed by atoms with van der Waals surface area (Å²) in [4.78, 5) is 0. The van der Waals surface area contributed by atoms with E-state index >= 15 is 0 Å². The molecular weight excluding hydrogens is 238 g/mol. The normalized spacial score (nSPS) is 29.2. The lowest BCUT2D eigenvalue weighted by atomic mass is 10.1. The summed E-state index contributed by atoms with van der Waals surface area (Å²) in [5, 5.41) is 2.58. The third kappa shape index (κ3) is 3.20. The molecule has 0 aromatic heterocycles. The quantitative estimate of drug-likeness (QED) is 0.786. The van der Waals surface area contributed by atoms with Crippen molar-refractivity contribution in [3.63, 3.8) is 0 Å². The summed E-state index contributed by atoms with van der Waals surface area (Å²) in [6, 6.07) is 0.0396. The summed E-state index contributed by atoms with van der Waals surface area (Å²) in [6.07, 6.45) is 1.30. The summed E-state index contributed by atoms with van der Waals surface area (Å²) in [5.74, 6) is 0. The Hall–Kier alpha value is -0.130. The molecule has 4 nitrogen and oxygen atoms in total. The Labute approximate surface area is 105 Å². The predicted molar refractivity (Wildman–Crippen MR) is 70.0 cm³/mol. The van der Waals surface area contributed by atoms with E-state index < -0.39 is 9.84 Å². The van der Waals surface area contributed by atoms with Crippen molar-refractivity contribution in [3.8, 4) is 0 Å². The van der Waals surface area contributed by atoms with E-state index in [4.69, 9.17) is 4.74 Å². The number of hydrogen-bond acceptors (Lipinski definition) is 4. The monoisotopic (exact) mass is 263 g/mol. The van der Waals surface area contributed by atoms with E-state index in [1.165, 1.54) is 0 Å². The minimum Gasteiger partial charge on any atom is -0.377 e. The Kier molecular flexibility index (Phi) is 5.41. The molecule has 4 unspecified atom stereocenters. The zero-order valence-corrected chi connectivity index (χ0v) is 12.1. The molecule has 1 saturated heterocycles. The molecule has 4 atom stereocenters. The summed E-state index contributed by atoms with van der Waals surface area (Å²) in [6.45, 7) is 9.06. The van der Waals surface area contributed by atoms with Gasteiger partial charge in [-0.1, -0.05) is 13.8 Å². The van der Waals surface area contributed by atoms with Crippen LogP contribution in [-0.4, -0.2) is 44.2 Å². The zero-order chi connectivity index (χ0) is 13.1. The summed E-state index contributed by atoms with van der Waals surface area (Å²) < 4.78 is 30.4. The van der Waals surface area contributed by atoms with E-state index in [-0.39, 0.29) is 22.6 Å². The topological polar surface area (TPSA) is 55.4 Å². The number of ether oxygens (including phenoxy) is 1. The molecule has 0 aromatic rings. The Morgan fingerprint density at radius 2 is 2.06 bits per heavy atom. The van der Waals surface area contributed by atoms with Crippen molar-refractivity contribution < 1.29 is 13.2 Å². The molecule has 17 heavy (non-hydrogen) atoms. The van der Waals surface area contributed by atoms with Crippen molar-refractivity contribution >= 4 is 9.84 Å². The first-order chi connectivity index (χ1) is 7.95. The van der Waals surface area contributed by atoms with Crippen molar-refractivity contribution in [2.75, 3.05) is 13.2 Å². The van der Waals surface area contributed by atoms with Gasteiger partial charge in [0.25, 0.3) is 0 Å². The molecule has 1 aliphatic heterocycles. The Balaban J connectivity index is 2.81. The van der Waals surface area contributed by atoms with Gasteiger partial charge in [0.15, 0.2) is 9.84 Å².